The first-order valence-electron chi connectivity index (χ1n) is 9.05. The Morgan fingerprint density at radius 2 is 1.69 bits per heavy atom. The minimum Gasteiger partial charge on any atom is -0.395 e. The quantitative estimate of drug-likeness (QED) is 0.783. The highest BCUT2D eigenvalue weighted by molar-refractivity contribution is 5.85. The summed E-state index contributed by atoms with van der Waals surface area (Å²) in [5.41, 5.74) is 3.32. The first-order chi connectivity index (χ1) is 12.8. The van der Waals surface area contributed by atoms with E-state index in [0.29, 0.717) is 0 Å². The Hall–Kier alpha value is -2.63. The molecule has 134 valence electrons. The van der Waals surface area contributed by atoms with Gasteiger partial charge in [-0.05, 0) is 23.8 Å². The Morgan fingerprint density at radius 3 is 2.42 bits per heavy atom. The van der Waals surface area contributed by atoms with Gasteiger partial charge in [-0.15, -0.1) is 0 Å². The Labute approximate surface area is 152 Å². The maximum absolute atomic E-state index is 11.9. The summed E-state index contributed by atoms with van der Waals surface area (Å²) < 4.78 is 2.12. The number of aromatic nitrogens is 1. The number of aliphatic hydroxyl groups is 1. The molecule has 0 aliphatic carbocycles. The van der Waals surface area contributed by atoms with Crippen molar-refractivity contribution < 1.29 is 5.11 Å². The number of β-amino-alcohol motifs (C(OH)–C–C–N with tert-alkyl or cyclic N) is 1. The summed E-state index contributed by atoms with van der Waals surface area (Å²) in [5.74, 6) is 1.11. The van der Waals surface area contributed by atoms with Crippen LogP contribution in [0, 0.1) is 0 Å². The number of hydrogen-bond acceptors (Lipinski definition) is 4. The fraction of sp³-hybridized carbons (Fsp3) is 0.286. The molecule has 0 atom stereocenters. The first-order valence-corrected chi connectivity index (χ1v) is 9.05. The highest BCUT2D eigenvalue weighted by atomic mass is 16.3. The standard InChI is InChI=1S/C21H23N3O2/c25-15-14-22-10-12-23(13-11-22)21-16-19(17-4-2-1-3-5-17)20-7-6-18(26)8-9-24(20)21/h1-9,16,25H,10-15H2. The summed E-state index contributed by atoms with van der Waals surface area (Å²) in [5, 5.41) is 9.14. The number of hydrogen-bond donors (Lipinski definition) is 1. The number of anilines is 1. The Morgan fingerprint density at radius 1 is 0.923 bits per heavy atom. The lowest BCUT2D eigenvalue weighted by Crippen LogP contribution is -2.47. The molecule has 0 spiro atoms. The zero-order valence-electron chi connectivity index (χ0n) is 14.7. The Balaban J connectivity index is 1.78. The average Bonchev–Trinajstić information content (AvgIpc) is 2.94. The van der Waals surface area contributed by atoms with Crippen molar-refractivity contribution in [3.8, 4) is 11.1 Å². The molecule has 3 heterocycles. The van der Waals surface area contributed by atoms with Crippen LogP contribution in [0.2, 0.25) is 0 Å². The van der Waals surface area contributed by atoms with E-state index in [9.17, 15) is 4.79 Å². The molecule has 1 aromatic carbocycles. The molecule has 5 heteroatoms. The zero-order chi connectivity index (χ0) is 17.9. The lowest BCUT2D eigenvalue weighted by molar-refractivity contribution is 0.188. The summed E-state index contributed by atoms with van der Waals surface area (Å²) in [6.07, 6.45) is 1.87. The van der Waals surface area contributed by atoms with Gasteiger partial charge in [0.15, 0.2) is 5.43 Å². The molecule has 26 heavy (non-hydrogen) atoms. The minimum atomic E-state index is 0.00595. The van der Waals surface area contributed by atoms with E-state index in [4.69, 9.17) is 5.11 Å². The van der Waals surface area contributed by atoms with E-state index >= 15 is 0 Å². The lowest BCUT2D eigenvalue weighted by Gasteiger charge is -2.35. The molecule has 4 rings (SSSR count). The van der Waals surface area contributed by atoms with Crippen LogP contribution >= 0.6 is 0 Å². The molecule has 3 aromatic rings. The molecule has 1 aliphatic heterocycles. The van der Waals surface area contributed by atoms with Gasteiger partial charge < -0.3 is 14.4 Å². The van der Waals surface area contributed by atoms with Gasteiger partial charge in [0.25, 0.3) is 0 Å². The van der Waals surface area contributed by atoms with Crippen molar-refractivity contribution in [2.24, 2.45) is 0 Å². The van der Waals surface area contributed by atoms with Crippen LogP contribution in [0.25, 0.3) is 16.6 Å². The van der Waals surface area contributed by atoms with Crippen LogP contribution in [0.15, 0.2) is 65.6 Å². The van der Waals surface area contributed by atoms with Gasteiger partial charge in [0.2, 0.25) is 0 Å². The van der Waals surface area contributed by atoms with E-state index in [1.54, 1.807) is 12.1 Å². The van der Waals surface area contributed by atoms with E-state index in [0.717, 1.165) is 55.2 Å². The first kappa shape index (κ1) is 16.8. The monoisotopic (exact) mass is 349 g/mol. The molecule has 0 saturated carbocycles. The Kier molecular flexibility index (Phi) is 4.73. The van der Waals surface area contributed by atoms with Crippen molar-refractivity contribution in [1.82, 2.24) is 9.30 Å². The van der Waals surface area contributed by atoms with E-state index in [1.165, 1.54) is 0 Å². The molecular formula is C21H23N3O2. The van der Waals surface area contributed by atoms with Crippen LogP contribution in [0.5, 0.6) is 0 Å². The number of nitrogens with zero attached hydrogens (tertiary/aromatic N) is 3. The number of aliphatic hydroxyl groups excluding tert-OH is 1. The lowest BCUT2D eigenvalue weighted by atomic mass is 10.1. The summed E-state index contributed by atoms with van der Waals surface area (Å²) in [6, 6.07) is 17.7. The fourth-order valence-electron chi connectivity index (χ4n) is 3.65. The summed E-state index contributed by atoms with van der Waals surface area (Å²) in [7, 11) is 0. The number of piperazine rings is 1. The predicted octanol–water partition coefficient (Wildman–Crippen LogP) is 2.08. The van der Waals surface area contributed by atoms with Gasteiger partial charge in [-0.25, -0.2) is 0 Å². The highest BCUT2D eigenvalue weighted by Crippen LogP contribution is 2.32. The molecule has 1 N–H and O–H groups in total. The predicted molar refractivity (Wildman–Crippen MR) is 105 cm³/mol. The van der Waals surface area contributed by atoms with Crippen molar-refractivity contribution in [1.29, 1.82) is 0 Å². The van der Waals surface area contributed by atoms with Crippen molar-refractivity contribution in [2.75, 3.05) is 44.2 Å². The van der Waals surface area contributed by atoms with E-state index in [-0.39, 0.29) is 12.0 Å². The van der Waals surface area contributed by atoms with Crippen molar-refractivity contribution in [3.05, 3.63) is 71.0 Å². The molecule has 1 aliphatic rings. The van der Waals surface area contributed by atoms with E-state index < -0.39 is 0 Å². The zero-order valence-corrected chi connectivity index (χ0v) is 14.7. The average molecular weight is 349 g/mol. The SMILES string of the molecule is O=c1ccc2c(-c3ccccc3)cc(N3CCN(CCO)CC3)n2cc1. The number of fused-ring (bicyclic) bond motifs is 1. The van der Waals surface area contributed by atoms with Gasteiger partial charge >= 0.3 is 0 Å². The third-order valence-corrected chi connectivity index (χ3v) is 5.05. The molecule has 1 saturated heterocycles. The summed E-state index contributed by atoms with van der Waals surface area (Å²) >= 11 is 0. The van der Waals surface area contributed by atoms with Gasteiger partial charge in [-0.3, -0.25) is 9.69 Å². The van der Waals surface area contributed by atoms with Gasteiger partial charge in [-0.2, -0.15) is 0 Å². The summed E-state index contributed by atoms with van der Waals surface area (Å²) in [4.78, 5) is 16.5. The third kappa shape index (κ3) is 3.23. The smallest absolute Gasteiger partial charge is 0.180 e. The molecule has 1 fully saturated rings. The second kappa shape index (κ2) is 7.32. The Bertz CT molecular complexity index is 944. The van der Waals surface area contributed by atoms with Crippen molar-refractivity contribution >= 4 is 11.3 Å². The molecule has 0 bridgehead atoms. The molecular weight excluding hydrogens is 326 g/mol. The second-order valence-corrected chi connectivity index (χ2v) is 6.64. The molecule has 5 nitrogen and oxygen atoms in total. The highest BCUT2D eigenvalue weighted by Gasteiger charge is 2.20. The van der Waals surface area contributed by atoms with E-state index in [1.807, 2.05) is 30.5 Å². The molecule has 0 amide bonds. The van der Waals surface area contributed by atoms with Gasteiger partial charge in [0, 0.05) is 50.6 Å². The fourth-order valence-corrected chi connectivity index (χ4v) is 3.65. The van der Waals surface area contributed by atoms with Crippen LogP contribution < -0.4 is 10.3 Å². The molecule has 0 unspecified atom stereocenters. The van der Waals surface area contributed by atoms with Crippen LogP contribution in [0.1, 0.15) is 0 Å². The van der Waals surface area contributed by atoms with Crippen LogP contribution in [0.4, 0.5) is 5.82 Å². The van der Waals surface area contributed by atoms with Gasteiger partial charge in [0.05, 0.1) is 12.1 Å². The van der Waals surface area contributed by atoms with Crippen LogP contribution in [-0.4, -0.2) is 53.7 Å². The van der Waals surface area contributed by atoms with Gasteiger partial charge in [-0.1, -0.05) is 30.3 Å². The maximum atomic E-state index is 11.9. The second-order valence-electron chi connectivity index (χ2n) is 6.64. The topological polar surface area (TPSA) is 48.2 Å². The van der Waals surface area contributed by atoms with Crippen LogP contribution in [-0.2, 0) is 0 Å². The maximum Gasteiger partial charge on any atom is 0.180 e. The van der Waals surface area contributed by atoms with Crippen molar-refractivity contribution in [2.45, 2.75) is 0 Å². The number of rotatable bonds is 4. The van der Waals surface area contributed by atoms with Crippen LogP contribution in [0.3, 0.4) is 0 Å². The largest absolute Gasteiger partial charge is 0.395 e. The minimum absolute atomic E-state index is 0.00595. The van der Waals surface area contributed by atoms with Crippen molar-refractivity contribution in [3.63, 3.8) is 0 Å². The number of benzene rings is 1. The normalized spacial score (nSPS) is 15.5. The van der Waals surface area contributed by atoms with Gasteiger partial charge in [0.1, 0.15) is 5.82 Å². The molecule has 0 radical (unpaired) electrons. The third-order valence-electron chi connectivity index (χ3n) is 5.05. The summed E-state index contributed by atoms with van der Waals surface area (Å²) in [6.45, 7) is 4.60. The molecule has 2 aromatic heterocycles. The van der Waals surface area contributed by atoms with E-state index in [2.05, 4.69) is 32.4 Å².